The zero-order chi connectivity index (χ0) is 10.6. The fraction of sp³-hybridized carbons (Fsp3) is 0. The minimum absolute atomic E-state index is 1.64. The molecule has 3 heteroatoms. The Morgan fingerprint density at radius 2 is 1.00 bits per heavy atom. The van der Waals surface area contributed by atoms with Crippen molar-refractivity contribution in [3.05, 3.63) is 60.7 Å². The topological polar surface area (TPSA) is 0 Å². The molecule has 0 nitrogen and oxygen atoms in total. The van der Waals surface area contributed by atoms with E-state index >= 15 is 0 Å². The molecule has 14 heavy (non-hydrogen) atoms. The van der Waals surface area contributed by atoms with Crippen molar-refractivity contribution in [2.75, 3.05) is 0 Å². The first-order valence-electron chi connectivity index (χ1n) is 4.06. The number of hydrogen-bond donors (Lipinski definition) is 0. The van der Waals surface area contributed by atoms with Crippen molar-refractivity contribution < 1.29 is 15.3 Å². The molecule has 0 bridgehead atoms. The number of hydrogen-bond acceptors (Lipinski definition) is 0. The SMILES string of the molecule is [CH2]=[Ti]([Cl])[Cl].c1cc[cH-]c1.c1cc[cH-]c1. The fourth-order valence-corrected chi connectivity index (χ4v) is 0.642. The second-order valence-electron chi connectivity index (χ2n) is 2.26. The Kier molecular flexibility index (Phi) is 10.8. The van der Waals surface area contributed by atoms with Crippen molar-refractivity contribution in [2.45, 2.75) is 0 Å². The van der Waals surface area contributed by atoms with Gasteiger partial charge in [-0.15, -0.1) is 0 Å². The predicted molar refractivity (Wildman–Crippen MR) is 62.9 cm³/mol. The van der Waals surface area contributed by atoms with Crippen molar-refractivity contribution in [1.29, 1.82) is 0 Å². The van der Waals surface area contributed by atoms with Crippen LogP contribution in [0.5, 0.6) is 0 Å². The van der Waals surface area contributed by atoms with Gasteiger partial charge in [-0.3, -0.25) is 0 Å². The van der Waals surface area contributed by atoms with Crippen molar-refractivity contribution in [2.24, 2.45) is 0 Å². The van der Waals surface area contributed by atoms with E-state index in [1.807, 2.05) is 60.7 Å². The number of rotatable bonds is 0. The van der Waals surface area contributed by atoms with Crippen LogP contribution in [-0.2, 0) is 15.3 Å². The quantitative estimate of drug-likeness (QED) is 0.494. The Balaban J connectivity index is 0.000000183. The fourth-order valence-electron chi connectivity index (χ4n) is 0.642. The summed E-state index contributed by atoms with van der Waals surface area (Å²) in [5.41, 5.74) is 0. The molecule has 0 amide bonds. The van der Waals surface area contributed by atoms with Crippen LogP contribution in [0, 0.1) is 0 Å². The largest absolute Gasteiger partial charge is 0.214 e. The van der Waals surface area contributed by atoms with Crippen molar-refractivity contribution in [3.8, 4) is 0 Å². The molecule has 0 N–H and O–H groups in total. The second-order valence-corrected chi connectivity index (χ2v) is 7.88. The zero-order valence-electron chi connectivity index (χ0n) is 7.74. The monoisotopic (exact) mass is 262 g/mol. The third-order valence-corrected chi connectivity index (χ3v) is 1.11. The van der Waals surface area contributed by atoms with E-state index in [2.05, 4.69) is 4.82 Å². The van der Waals surface area contributed by atoms with Crippen LogP contribution in [0.25, 0.3) is 0 Å². The van der Waals surface area contributed by atoms with Crippen LogP contribution in [-0.4, -0.2) is 4.82 Å². The third kappa shape index (κ3) is 14.4. The normalized spacial score (nSPS) is 7.57. The average Bonchev–Trinajstić information content (AvgIpc) is 2.83. The molecule has 0 aliphatic carbocycles. The van der Waals surface area contributed by atoms with E-state index in [-0.39, 0.29) is 0 Å². The Morgan fingerprint density at radius 3 is 1.07 bits per heavy atom. The minimum atomic E-state index is -1.64. The minimum Gasteiger partial charge on any atom is -0.214 e. The van der Waals surface area contributed by atoms with E-state index in [1.165, 1.54) is 0 Å². The first-order chi connectivity index (χ1) is 6.73. The summed E-state index contributed by atoms with van der Waals surface area (Å²) < 4.78 is 0. The summed E-state index contributed by atoms with van der Waals surface area (Å²) >= 11 is -1.64. The third-order valence-electron chi connectivity index (χ3n) is 1.11. The maximum absolute atomic E-state index is 5.10. The van der Waals surface area contributed by atoms with Gasteiger partial charge >= 0.3 is 38.7 Å². The van der Waals surface area contributed by atoms with Crippen LogP contribution in [0.15, 0.2) is 60.7 Å². The van der Waals surface area contributed by atoms with Crippen LogP contribution in [0.2, 0.25) is 0 Å². The van der Waals surface area contributed by atoms with E-state index in [4.69, 9.17) is 18.6 Å². The van der Waals surface area contributed by atoms with Gasteiger partial charge in [0.1, 0.15) is 0 Å². The molecule has 0 aliphatic rings. The Labute approximate surface area is 98.9 Å². The molecule has 2 rings (SSSR count). The molecule has 0 spiro atoms. The molecule has 0 aliphatic heterocycles. The summed E-state index contributed by atoms with van der Waals surface area (Å²) in [4.78, 5) is 3.34. The maximum atomic E-state index is 5.10. The van der Waals surface area contributed by atoms with Crippen molar-refractivity contribution in [3.63, 3.8) is 0 Å². The van der Waals surface area contributed by atoms with Gasteiger partial charge in [0.25, 0.3) is 0 Å². The molecule has 0 fully saturated rings. The Hall–Kier alpha value is -0.136. The molecule has 2 aromatic carbocycles. The van der Waals surface area contributed by atoms with Gasteiger partial charge in [-0.2, -0.15) is 36.4 Å². The van der Waals surface area contributed by atoms with E-state index in [1.54, 1.807) is 0 Å². The van der Waals surface area contributed by atoms with Crippen LogP contribution >= 0.6 is 18.6 Å². The molecule has 0 saturated carbocycles. The van der Waals surface area contributed by atoms with Gasteiger partial charge in [0, 0.05) is 0 Å². The van der Waals surface area contributed by atoms with Gasteiger partial charge in [0.2, 0.25) is 0 Å². The molecule has 0 unspecified atom stereocenters. The second kappa shape index (κ2) is 10.9. The van der Waals surface area contributed by atoms with Gasteiger partial charge in [0.15, 0.2) is 0 Å². The molecule has 2 aromatic rings. The van der Waals surface area contributed by atoms with Gasteiger partial charge in [-0.05, 0) is 0 Å². The predicted octanol–water partition coefficient (Wildman–Crippen LogP) is 4.16. The van der Waals surface area contributed by atoms with Crippen LogP contribution < -0.4 is 0 Å². The molecule has 0 saturated heterocycles. The molecule has 0 radical (unpaired) electrons. The molecule has 76 valence electrons. The van der Waals surface area contributed by atoms with Gasteiger partial charge < -0.3 is 0 Å². The summed E-state index contributed by atoms with van der Waals surface area (Å²) in [6.07, 6.45) is 0. The van der Waals surface area contributed by atoms with E-state index in [0.717, 1.165) is 0 Å². The standard InChI is InChI=1S/2C5H5.CH2.2ClH.Ti/c2*1-2-4-5-3-1;;;;/h2*1-5H;1H2;2*1H;/q2*-1;;;;+2/p-2. The van der Waals surface area contributed by atoms with Gasteiger partial charge in [-0.25, -0.2) is 24.3 Å². The average molecular weight is 263 g/mol. The molecule has 0 aromatic heterocycles. The summed E-state index contributed by atoms with van der Waals surface area (Å²) in [5, 5.41) is 0. The summed E-state index contributed by atoms with van der Waals surface area (Å²) in [5.74, 6) is 0. The molecular weight excluding hydrogens is 251 g/mol. The van der Waals surface area contributed by atoms with Crippen molar-refractivity contribution >= 4 is 23.4 Å². The molecule has 0 heterocycles. The molecule has 0 atom stereocenters. The van der Waals surface area contributed by atoms with Gasteiger partial charge in [-0.1, -0.05) is 0 Å². The summed E-state index contributed by atoms with van der Waals surface area (Å²) in [6, 6.07) is 20.0. The maximum Gasteiger partial charge on any atom is -0.172 e. The first-order valence-corrected chi connectivity index (χ1v) is 9.47. The van der Waals surface area contributed by atoms with Crippen molar-refractivity contribution in [1.82, 2.24) is 0 Å². The Morgan fingerprint density at radius 1 is 0.786 bits per heavy atom. The van der Waals surface area contributed by atoms with E-state index < -0.39 is 15.3 Å². The van der Waals surface area contributed by atoms with E-state index in [9.17, 15) is 0 Å². The van der Waals surface area contributed by atoms with Crippen LogP contribution in [0.3, 0.4) is 0 Å². The van der Waals surface area contributed by atoms with E-state index in [0.29, 0.717) is 0 Å². The summed E-state index contributed by atoms with van der Waals surface area (Å²) in [6.45, 7) is 0. The van der Waals surface area contributed by atoms with Crippen LogP contribution in [0.4, 0.5) is 0 Å². The van der Waals surface area contributed by atoms with Crippen LogP contribution in [0.1, 0.15) is 0 Å². The smallest absolute Gasteiger partial charge is 0.172 e. The Bertz CT molecular complexity index is 220. The number of halogens is 2. The van der Waals surface area contributed by atoms with Gasteiger partial charge in [0.05, 0.1) is 0 Å². The zero-order valence-corrected chi connectivity index (χ0v) is 10.8. The molecular formula is C11H12Cl2Ti-2. The first kappa shape index (κ1) is 13.9. The summed E-state index contributed by atoms with van der Waals surface area (Å²) in [7, 11) is 10.2.